The molecule has 18 heavy (non-hydrogen) atoms. The van der Waals surface area contributed by atoms with E-state index in [2.05, 4.69) is 84.5 Å². The van der Waals surface area contributed by atoms with Gasteiger partial charge in [0, 0.05) is 16.2 Å². The first-order chi connectivity index (χ1) is 8.58. The van der Waals surface area contributed by atoms with Gasteiger partial charge in [0.15, 0.2) is 0 Å². The van der Waals surface area contributed by atoms with Crippen LogP contribution < -0.4 is 5.32 Å². The number of benzene rings is 2. The van der Waals surface area contributed by atoms with Gasteiger partial charge in [-0.25, -0.2) is 0 Å². The Hall–Kier alpha value is -1.28. The highest BCUT2D eigenvalue weighted by molar-refractivity contribution is 9.10. The van der Waals surface area contributed by atoms with Crippen LogP contribution in [0.1, 0.15) is 29.7 Å². The minimum atomic E-state index is 0.304. The van der Waals surface area contributed by atoms with E-state index in [9.17, 15) is 0 Å². The number of hydrogen-bond donors (Lipinski definition) is 1. The molecule has 0 aliphatic carbocycles. The Morgan fingerprint density at radius 1 is 1.00 bits per heavy atom. The van der Waals surface area contributed by atoms with E-state index in [1.165, 1.54) is 22.4 Å². The highest BCUT2D eigenvalue weighted by Gasteiger charge is 2.07. The second-order valence-corrected chi connectivity index (χ2v) is 5.58. The highest BCUT2D eigenvalue weighted by atomic mass is 79.9. The summed E-state index contributed by atoms with van der Waals surface area (Å²) in [6.45, 7) is 6.49. The Kier molecular flexibility index (Phi) is 4.07. The monoisotopic (exact) mass is 303 g/mol. The van der Waals surface area contributed by atoms with Gasteiger partial charge in [-0.1, -0.05) is 40.2 Å². The molecule has 0 saturated heterocycles. The van der Waals surface area contributed by atoms with Crippen molar-refractivity contribution in [2.45, 2.75) is 26.8 Å². The zero-order chi connectivity index (χ0) is 13.1. The normalized spacial score (nSPS) is 12.2. The maximum absolute atomic E-state index is 3.57. The van der Waals surface area contributed by atoms with Gasteiger partial charge >= 0.3 is 0 Å². The van der Waals surface area contributed by atoms with E-state index in [1.807, 2.05) is 0 Å². The van der Waals surface area contributed by atoms with Gasteiger partial charge < -0.3 is 5.32 Å². The van der Waals surface area contributed by atoms with Crippen LogP contribution in [0.15, 0.2) is 46.9 Å². The SMILES string of the molecule is Cc1cccc(NC(C)c2ccc(Br)cc2)c1C. The van der Waals surface area contributed by atoms with Crippen molar-refractivity contribution in [2.75, 3.05) is 5.32 Å². The number of nitrogens with one attached hydrogen (secondary N) is 1. The Morgan fingerprint density at radius 3 is 2.33 bits per heavy atom. The fourth-order valence-electron chi connectivity index (χ4n) is 1.98. The van der Waals surface area contributed by atoms with E-state index < -0.39 is 0 Å². The van der Waals surface area contributed by atoms with Crippen LogP contribution in [0.4, 0.5) is 5.69 Å². The molecule has 0 aliphatic rings. The fourth-order valence-corrected chi connectivity index (χ4v) is 2.24. The summed E-state index contributed by atoms with van der Waals surface area (Å²) in [7, 11) is 0. The van der Waals surface area contributed by atoms with Crippen molar-refractivity contribution in [1.82, 2.24) is 0 Å². The largest absolute Gasteiger partial charge is 0.378 e. The van der Waals surface area contributed by atoms with Crippen LogP contribution in [0.3, 0.4) is 0 Å². The lowest BCUT2D eigenvalue weighted by Gasteiger charge is -2.18. The molecular formula is C16H18BrN. The topological polar surface area (TPSA) is 12.0 Å². The van der Waals surface area contributed by atoms with Crippen molar-refractivity contribution in [2.24, 2.45) is 0 Å². The Morgan fingerprint density at radius 2 is 1.67 bits per heavy atom. The van der Waals surface area contributed by atoms with E-state index in [0.717, 1.165) is 4.47 Å². The van der Waals surface area contributed by atoms with Gasteiger partial charge in [0.1, 0.15) is 0 Å². The molecule has 1 nitrogen and oxygen atoms in total. The molecule has 0 radical (unpaired) electrons. The summed E-state index contributed by atoms with van der Waals surface area (Å²) in [6.07, 6.45) is 0. The van der Waals surface area contributed by atoms with Crippen molar-refractivity contribution in [3.63, 3.8) is 0 Å². The number of hydrogen-bond acceptors (Lipinski definition) is 1. The van der Waals surface area contributed by atoms with E-state index in [1.54, 1.807) is 0 Å². The average molecular weight is 304 g/mol. The molecule has 1 N–H and O–H groups in total. The molecule has 0 heterocycles. The summed E-state index contributed by atoms with van der Waals surface area (Å²) >= 11 is 3.46. The van der Waals surface area contributed by atoms with Crippen molar-refractivity contribution in [1.29, 1.82) is 0 Å². The molecule has 0 amide bonds. The third kappa shape index (κ3) is 2.94. The van der Waals surface area contributed by atoms with Crippen LogP contribution in [0.2, 0.25) is 0 Å². The third-order valence-electron chi connectivity index (χ3n) is 3.35. The minimum absolute atomic E-state index is 0.304. The molecule has 1 unspecified atom stereocenters. The molecule has 2 heteroatoms. The number of halogens is 1. The minimum Gasteiger partial charge on any atom is -0.378 e. The van der Waals surface area contributed by atoms with Gasteiger partial charge in [0.25, 0.3) is 0 Å². The predicted molar refractivity (Wildman–Crippen MR) is 82.1 cm³/mol. The van der Waals surface area contributed by atoms with Crippen molar-refractivity contribution >= 4 is 21.6 Å². The summed E-state index contributed by atoms with van der Waals surface area (Å²) in [5, 5.41) is 3.57. The molecule has 0 fully saturated rings. The Bertz CT molecular complexity index is 531. The first kappa shape index (κ1) is 13.2. The molecule has 0 aromatic heterocycles. The Balaban J connectivity index is 2.18. The molecule has 0 saturated carbocycles. The van der Waals surface area contributed by atoms with E-state index in [0.29, 0.717) is 6.04 Å². The summed E-state index contributed by atoms with van der Waals surface area (Å²) in [4.78, 5) is 0. The average Bonchev–Trinajstić information content (AvgIpc) is 2.36. The van der Waals surface area contributed by atoms with Gasteiger partial charge in [0.05, 0.1) is 0 Å². The van der Waals surface area contributed by atoms with Crippen LogP contribution in [0.25, 0.3) is 0 Å². The summed E-state index contributed by atoms with van der Waals surface area (Å²) in [6, 6.07) is 15.1. The maximum Gasteiger partial charge on any atom is 0.0485 e. The second kappa shape index (κ2) is 5.57. The summed E-state index contributed by atoms with van der Waals surface area (Å²) in [5.41, 5.74) is 5.15. The smallest absolute Gasteiger partial charge is 0.0485 e. The van der Waals surface area contributed by atoms with Gasteiger partial charge in [-0.15, -0.1) is 0 Å². The lowest BCUT2D eigenvalue weighted by Crippen LogP contribution is -2.07. The Labute approximate surface area is 117 Å². The summed E-state index contributed by atoms with van der Waals surface area (Å²) in [5.74, 6) is 0. The molecule has 2 rings (SSSR count). The molecule has 0 bridgehead atoms. The summed E-state index contributed by atoms with van der Waals surface area (Å²) < 4.78 is 1.12. The van der Waals surface area contributed by atoms with E-state index in [-0.39, 0.29) is 0 Å². The van der Waals surface area contributed by atoms with E-state index >= 15 is 0 Å². The number of anilines is 1. The van der Waals surface area contributed by atoms with Crippen LogP contribution in [-0.2, 0) is 0 Å². The standard InChI is InChI=1S/C16H18BrN/c1-11-5-4-6-16(12(11)2)18-13(3)14-7-9-15(17)10-8-14/h4-10,13,18H,1-3H3. The predicted octanol–water partition coefficient (Wildman–Crippen LogP) is 5.24. The van der Waals surface area contributed by atoms with Gasteiger partial charge in [-0.05, 0) is 55.7 Å². The molecular weight excluding hydrogens is 286 g/mol. The van der Waals surface area contributed by atoms with Crippen molar-refractivity contribution in [3.05, 3.63) is 63.6 Å². The van der Waals surface area contributed by atoms with Gasteiger partial charge in [0.2, 0.25) is 0 Å². The van der Waals surface area contributed by atoms with E-state index in [4.69, 9.17) is 0 Å². The number of rotatable bonds is 3. The van der Waals surface area contributed by atoms with Crippen LogP contribution in [0.5, 0.6) is 0 Å². The molecule has 94 valence electrons. The molecule has 2 aromatic carbocycles. The molecule has 0 spiro atoms. The third-order valence-corrected chi connectivity index (χ3v) is 3.88. The lowest BCUT2D eigenvalue weighted by molar-refractivity contribution is 0.881. The first-order valence-corrected chi connectivity index (χ1v) is 6.95. The molecule has 0 aliphatic heterocycles. The zero-order valence-corrected chi connectivity index (χ0v) is 12.6. The van der Waals surface area contributed by atoms with Crippen LogP contribution in [-0.4, -0.2) is 0 Å². The molecule has 1 atom stereocenters. The highest BCUT2D eigenvalue weighted by Crippen LogP contribution is 2.24. The lowest BCUT2D eigenvalue weighted by atomic mass is 10.1. The van der Waals surface area contributed by atoms with Gasteiger partial charge in [-0.3, -0.25) is 0 Å². The zero-order valence-electron chi connectivity index (χ0n) is 11.0. The maximum atomic E-state index is 3.57. The fraction of sp³-hybridized carbons (Fsp3) is 0.250. The van der Waals surface area contributed by atoms with Gasteiger partial charge in [-0.2, -0.15) is 0 Å². The first-order valence-electron chi connectivity index (χ1n) is 6.16. The molecule has 2 aromatic rings. The van der Waals surface area contributed by atoms with Crippen LogP contribution >= 0.6 is 15.9 Å². The second-order valence-electron chi connectivity index (χ2n) is 4.67. The van der Waals surface area contributed by atoms with Crippen molar-refractivity contribution in [3.8, 4) is 0 Å². The number of aryl methyl sites for hydroxylation is 1. The van der Waals surface area contributed by atoms with Crippen LogP contribution in [0, 0.1) is 13.8 Å². The quantitative estimate of drug-likeness (QED) is 0.817. The van der Waals surface area contributed by atoms with Crippen molar-refractivity contribution < 1.29 is 0 Å².